The van der Waals surface area contributed by atoms with E-state index in [-0.39, 0.29) is 12.2 Å². The molecule has 0 saturated heterocycles. The first-order valence-electron chi connectivity index (χ1n) is 6.53. The Morgan fingerprint density at radius 3 is 2.55 bits per heavy atom. The fourth-order valence-corrected chi connectivity index (χ4v) is 3.13. The first kappa shape index (κ1) is 17.7. The molecule has 20 heavy (non-hydrogen) atoms. The summed E-state index contributed by atoms with van der Waals surface area (Å²) in [7, 11) is -2.04. The first-order valence-corrected chi connectivity index (χ1v) is 9.31. The SMILES string of the molecule is CN(CCC(N)CSc1ccccc1)CCP(=O)(O)O. The standard InChI is InChI=1S/C13H23N2O3PS/c1-15(9-10-19(16,17)18)8-7-12(14)11-20-13-5-3-2-4-6-13/h2-6,12H,7-11,14H2,1H3,(H2,16,17,18). The third-order valence-corrected chi connectivity index (χ3v) is 4.84. The molecule has 0 fully saturated rings. The Balaban J connectivity index is 2.16. The van der Waals surface area contributed by atoms with Gasteiger partial charge < -0.3 is 20.4 Å². The molecule has 1 aromatic rings. The minimum Gasteiger partial charge on any atom is -0.327 e. The van der Waals surface area contributed by atoms with E-state index in [9.17, 15) is 4.57 Å². The molecule has 1 aromatic carbocycles. The van der Waals surface area contributed by atoms with Crippen LogP contribution in [0.15, 0.2) is 35.2 Å². The van der Waals surface area contributed by atoms with Gasteiger partial charge in [-0.3, -0.25) is 4.57 Å². The van der Waals surface area contributed by atoms with Gasteiger partial charge in [0.25, 0.3) is 0 Å². The highest BCUT2D eigenvalue weighted by molar-refractivity contribution is 7.99. The Bertz CT molecular complexity index is 427. The maximum Gasteiger partial charge on any atom is 0.326 e. The fourth-order valence-electron chi connectivity index (χ4n) is 1.60. The van der Waals surface area contributed by atoms with Gasteiger partial charge in [0.15, 0.2) is 0 Å². The van der Waals surface area contributed by atoms with Gasteiger partial charge in [-0.05, 0) is 32.1 Å². The number of thioether (sulfide) groups is 1. The van der Waals surface area contributed by atoms with Gasteiger partial charge in [-0.1, -0.05) is 18.2 Å². The molecule has 5 nitrogen and oxygen atoms in total. The van der Waals surface area contributed by atoms with Gasteiger partial charge in [-0.15, -0.1) is 11.8 Å². The topological polar surface area (TPSA) is 86.8 Å². The molecule has 0 spiro atoms. The second kappa shape index (κ2) is 8.82. The third kappa shape index (κ3) is 8.74. The molecule has 0 heterocycles. The van der Waals surface area contributed by atoms with Crippen molar-refractivity contribution >= 4 is 19.4 Å². The molecular weight excluding hydrogens is 295 g/mol. The average Bonchev–Trinajstić information content (AvgIpc) is 2.41. The van der Waals surface area contributed by atoms with Crippen LogP contribution in [0.1, 0.15) is 6.42 Å². The molecule has 1 unspecified atom stereocenters. The second-order valence-electron chi connectivity index (χ2n) is 4.86. The van der Waals surface area contributed by atoms with Crippen molar-refractivity contribution in [1.82, 2.24) is 4.90 Å². The summed E-state index contributed by atoms with van der Waals surface area (Å²) >= 11 is 1.73. The molecule has 1 atom stereocenters. The zero-order valence-electron chi connectivity index (χ0n) is 11.7. The monoisotopic (exact) mass is 318 g/mol. The minimum absolute atomic E-state index is 0.0812. The predicted molar refractivity (Wildman–Crippen MR) is 84.2 cm³/mol. The van der Waals surface area contributed by atoms with E-state index in [1.165, 1.54) is 4.90 Å². The lowest BCUT2D eigenvalue weighted by Gasteiger charge is -2.19. The highest BCUT2D eigenvalue weighted by Crippen LogP contribution is 2.33. The number of benzene rings is 1. The van der Waals surface area contributed by atoms with E-state index in [4.69, 9.17) is 15.5 Å². The molecule has 0 saturated carbocycles. The molecule has 0 amide bonds. The first-order chi connectivity index (χ1) is 9.37. The molecule has 7 heteroatoms. The fraction of sp³-hybridized carbons (Fsp3) is 0.538. The van der Waals surface area contributed by atoms with Crippen molar-refractivity contribution in [3.05, 3.63) is 30.3 Å². The van der Waals surface area contributed by atoms with Gasteiger partial charge >= 0.3 is 7.60 Å². The summed E-state index contributed by atoms with van der Waals surface area (Å²) < 4.78 is 10.8. The van der Waals surface area contributed by atoms with Crippen LogP contribution in [0, 0.1) is 0 Å². The minimum atomic E-state index is -3.90. The molecule has 4 N–H and O–H groups in total. The molecular formula is C13H23N2O3PS. The Hall–Kier alpha value is -0.360. The van der Waals surface area contributed by atoms with E-state index in [0.717, 1.165) is 18.7 Å². The molecule has 0 aliphatic heterocycles. The molecule has 114 valence electrons. The van der Waals surface area contributed by atoms with Gasteiger partial charge in [0.05, 0.1) is 6.16 Å². The summed E-state index contributed by atoms with van der Waals surface area (Å²) in [6.45, 7) is 1.14. The van der Waals surface area contributed by atoms with Crippen LogP contribution in [0.4, 0.5) is 0 Å². The third-order valence-electron chi connectivity index (χ3n) is 2.86. The van der Waals surface area contributed by atoms with Crippen molar-refractivity contribution in [2.24, 2.45) is 5.73 Å². The van der Waals surface area contributed by atoms with Crippen molar-refractivity contribution in [3.8, 4) is 0 Å². The summed E-state index contributed by atoms with van der Waals surface area (Å²) in [5.41, 5.74) is 6.05. The van der Waals surface area contributed by atoms with Crippen molar-refractivity contribution in [3.63, 3.8) is 0 Å². The Kier molecular flexibility index (Phi) is 7.80. The van der Waals surface area contributed by atoms with Crippen LogP contribution < -0.4 is 5.73 Å². The van der Waals surface area contributed by atoms with Crippen molar-refractivity contribution in [2.45, 2.75) is 17.4 Å². The van der Waals surface area contributed by atoms with E-state index in [2.05, 4.69) is 12.1 Å². The van der Waals surface area contributed by atoms with E-state index in [1.807, 2.05) is 30.1 Å². The second-order valence-corrected chi connectivity index (χ2v) is 7.73. The van der Waals surface area contributed by atoms with Crippen LogP contribution in [-0.4, -0.2) is 52.8 Å². The van der Waals surface area contributed by atoms with Gasteiger partial charge in [-0.2, -0.15) is 0 Å². The normalized spacial score (nSPS) is 13.7. The number of hydrogen-bond donors (Lipinski definition) is 3. The summed E-state index contributed by atoms with van der Waals surface area (Å²) in [5, 5.41) is 0. The van der Waals surface area contributed by atoms with Gasteiger partial charge in [0.1, 0.15) is 0 Å². The summed E-state index contributed by atoms with van der Waals surface area (Å²) in [6, 6.07) is 10.2. The zero-order valence-corrected chi connectivity index (χ0v) is 13.4. The summed E-state index contributed by atoms with van der Waals surface area (Å²) in [5.74, 6) is 0.844. The molecule has 0 aliphatic rings. The molecule has 0 aromatic heterocycles. The van der Waals surface area contributed by atoms with Crippen molar-refractivity contribution < 1.29 is 14.4 Å². The maximum absolute atomic E-state index is 10.8. The lowest BCUT2D eigenvalue weighted by Crippen LogP contribution is -2.31. The van der Waals surface area contributed by atoms with Gasteiger partial charge in [0.2, 0.25) is 0 Å². The smallest absolute Gasteiger partial charge is 0.326 e. The Morgan fingerprint density at radius 2 is 1.95 bits per heavy atom. The van der Waals surface area contributed by atoms with Crippen LogP contribution in [0.25, 0.3) is 0 Å². The maximum atomic E-state index is 10.8. The average molecular weight is 318 g/mol. The van der Waals surface area contributed by atoms with Gasteiger partial charge in [-0.25, -0.2) is 0 Å². The lowest BCUT2D eigenvalue weighted by molar-refractivity contribution is 0.319. The number of nitrogens with two attached hydrogens (primary N) is 1. The van der Waals surface area contributed by atoms with E-state index < -0.39 is 7.60 Å². The Morgan fingerprint density at radius 1 is 1.30 bits per heavy atom. The summed E-state index contributed by atoms with van der Waals surface area (Å²) in [6.07, 6.45) is 0.717. The highest BCUT2D eigenvalue weighted by Gasteiger charge is 2.14. The van der Waals surface area contributed by atoms with E-state index >= 15 is 0 Å². The van der Waals surface area contributed by atoms with Crippen LogP contribution in [0.5, 0.6) is 0 Å². The zero-order chi connectivity index (χ0) is 15.0. The Labute approximate surface area is 124 Å². The molecule has 1 rings (SSSR count). The predicted octanol–water partition coefficient (Wildman–Crippen LogP) is 1.61. The summed E-state index contributed by atoms with van der Waals surface area (Å²) in [4.78, 5) is 20.7. The van der Waals surface area contributed by atoms with Crippen LogP contribution in [-0.2, 0) is 4.57 Å². The van der Waals surface area contributed by atoms with E-state index in [0.29, 0.717) is 6.54 Å². The van der Waals surface area contributed by atoms with Crippen LogP contribution >= 0.6 is 19.4 Å². The number of nitrogens with zero attached hydrogens (tertiary/aromatic N) is 1. The molecule has 0 radical (unpaired) electrons. The quantitative estimate of drug-likeness (QED) is 0.474. The largest absolute Gasteiger partial charge is 0.327 e. The van der Waals surface area contributed by atoms with Crippen molar-refractivity contribution in [2.75, 3.05) is 32.1 Å². The highest BCUT2D eigenvalue weighted by atomic mass is 32.2. The lowest BCUT2D eigenvalue weighted by atomic mass is 10.2. The van der Waals surface area contributed by atoms with Gasteiger partial charge in [0, 0.05) is 23.2 Å². The van der Waals surface area contributed by atoms with Crippen LogP contribution in [0.3, 0.4) is 0 Å². The molecule has 0 aliphatic carbocycles. The van der Waals surface area contributed by atoms with Crippen LogP contribution in [0.2, 0.25) is 0 Å². The van der Waals surface area contributed by atoms with Crippen molar-refractivity contribution in [1.29, 1.82) is 0 Å². The number of hydrogen-bond acceptors (Lipinski definition) is 4. The molecule has 0 bridgehead atoms. The van der Waals surface area contributed by atoms with E-state index in [1.54, 1.807) is 11.8 Å². The number of rotatable bonds is 9.